The molecule has 14 heteroatoms. The number of ether oxygens (including phenoxy) is 4. The van der Waals surface area contributed by atoms with Crippen LogP contribution in [0.2, 0.25) is 0 Å². The third kappa shape index (κ3) is 5.12. The van der Waals surface area contributed by atoms with E-state index in [1.807, 2.05) is 0 Å². The molecule has 8 atom stereocenters. The van der Waals surface area contributed by atoms with Crippen molar-refractivity contribution in [3.8, 4) is 28.6 Å². The minimum absolute atomic E-state index is 0.00882. The van der Waals surface area contributed by atoms with Crippen LogP contribution >= 0.6 is 0 Å². The molecule has 0 amide bonds. The van der Waals surface area contributed by atoms with Crippen molar-refractivity contribution in [1.82, 2.24) is 0 Å². The van der Waals surface area contributed by atoms with Gasteiger partial charge in [-0.15, -0.1) is 0 Å². The highest BCUT2D eigenvalue weighted by atomic mass is 16.8. The molecule has 8 N–H and O–H groups in total. The van der Waals surface area contributed by atoms with Crippen LogP contribution in [-0.4, -0.2) is 109 Å². The number of hydrogen-bond donors (Lipinski definition) is 8. The first kappa shape index (κ1) is 28.2. The Morgan fingerprint density at radius 2 is 1.70 bits per heavy atom. The van der Waals surface area contributed by atoms with Crippen molar-refractivity contribution in [2.24, 2.45) is 0 Å². The van der Waals surface area contributed by atoms with Crippen molar-refractivity contribution < 1.29 is 64.2 Å². The molecule has 2 saturated heterocycles. The highest BCUT2D eigenvalue weighted by molar-refractivity contribution is 5.86. The van der Waals surface area contributed by atoms with E-state index in [-0.39, 0.29) is 28.2 Å². The summed E-state index contributed by atoms with van der Waals surface area (Å²) < 4.78 is 28.0. The number of benzene rings is 2. The second-order valence-electron chi connectivity index (χ2n) is 9.65. The normalized spacial score (nSPS) is 32.4. The van der Waals surface area contributed by atoms with Gasteiger partial charge in [-0.25, -0.2) is 0 Å². The number of phenolic OH excluding ortho intramolecular Hbond substituents is 2. The summed E-state index contributed by atoms with van der Waals surface area (Å²) in [5, 5.41) is 80.7. The van der Waals surface area contributed by atoms with Crippen LogP contribution < -0.4 is 10.2 Å². The van der Waals surface area contributed by atoms with E-state index in [4.69, 9.17) is 23.4 Å². The fourth-order valence-electron chi connectivity index (χ4n) is 4.57. The van der Waals surface area contributed by atoms with Crippen molar-refractivity contribution in [2.75, 3.05) is 19.8 Å². The topological polar surface area (TPSA) is 229 Å². The summed E-state index contributed by atoms with van der Waals surface area (Å²) >= 11 is 0. The van der Waals surface area contributed by atoms with Gasteiger partial charge in [-0.05, 0) is 24.3 Å². The Hall–Kier alpha value is -3.31. The Kier molecular flexibility index (Phi) is 7.71. The fraction of sp³-hybridized carbons (Fsp3) is 0.423. The van der Waals surface area contributed by atoms with Crippen LogP contribution in [0.4, 0.5) is 0 Å². The van der Waals surface area contributed by atoms with E-state index in [0.717, 1.165) is 6.07 Å². The molecular weight excluding hydrogens is 536 g/mol. The van der Waals surface area contributed by atoms with Gasteiger partial charge < -0.3 is 64.2 Å². The zero-order valence-corrected chi connectivity index (χ0v) is 20.7. The summed E-state index contributed by atoms with van der Waals surface area (Å²) in [4.78, 5) is 12.8. The van der Waals surface area contributed by atoms with E-state index >= 15 is 0 Å². The molecule has 1 unspecified atom stereocenters. The van der Waals surface area contributed by atoms with E-state index in [1.54, 1.807) is 0 Å². The lowest BCUT2D eigenvalue weighted by Gasteiger charge is -2.42. The van der Waals surface area contributed by atoms with Gasteiger partial charge in [0.2, 0.25) is 6.29 Å². The number of fused-ring (bicyclic) bond motifs is 1. The van der Waals surface area contributed by atoms with Crippen molar-refractivity contribution in [3.63, 3.8) is 0 Å². The minimum atomic E-state index is -2.04. The fourth-order valence-corrected chi connectivity index (χ4v) is 4.57. The molecule has 216 valence electrons. The Morgan fingerprint density at radius 3 is 2.35 bits per heavy atom. The summed E-state index contributed by atoms with van der Waals surface area (Å²) in [5.41, 5.74) is -2.22. The van der Waals surface area contributed by atoms with Crippen molar-refractivity contribution in [2.45, 2.75) is 48.7 Å². The predicted octanol–water partition coefficient (Wildman–Crippen LogP) is -1.49. The molecule has 0 saturated carbocycles. The van der Waals surface area contributed by atoms with Gasteiger partial charge in [-0.2, -0.15) is 0 Å². The largest absolute Gasteiger partial charge is 0.508 e. The first-order chi connectivity index (χ1) is 19.0. The first-order valence-corrected chi connectivity index (χ1v) is 12.2. The molecule has 3 aromatic rings. The molecule has 40 heavy (non-hydrogen) atoms. The van der Waals surface area contributed by atoms with Gasteiger partial charge in [-0.3, -0.25) is 4.79 Å². The molecule has 2 fully saturated rings. The Balaban J connectivity index is 1.47. The van der Waals surface area contributed by atoms with E-state index in [2.05, 4.69) is 0 Å². The van der Waals surface area contributed by atoms with Crippen molar-refractivity contribution >= 4 is 11.0 Å². The highest BCUT2D eigenvalue weighted by Crippen LogP contribution is 2.35. The van der Waals surface area contributed by atoms with Gasteiger partial charge in [0.05, 0.1) is 19.8 Å². The maximum atomic E-state index is 12.8. The maximum absolute atomic E-state index is 12.8. The van der Waals surface area contributed by atoms with Crippen LogP contribution in [-0.2, 0) is 14.2 Å². The van der Waals surface area contributed by atoms with Gasteiger partial charge in [0.25, 0.3) is 0 Å². The summed E-state index contributed by atoms with van der Waals surface area (Å²) in [5.74, 6) is -0.496. The Bertz CT molecular complexity index is 1410. The van der Waals surface area contributed by atoms with Crippen LogP contribution in [0.25, 0.3) is 22.3 Å². The standard InChI is InChI=1S/C26H28O14/c27-8-18-20(32)21(33)22(40-25-23(34)26(35,9-28)10-36-25)24(39-18)37-13-5-14(30)19-15(31)7-16(38-17(19)6-13)11-1-3-12(29)4-2-11/h1-7,18,20-25,27-30,32-35H,8-10H2/t18-,20-,21+,22-,23+,24-,25?,26-/m1/s1. The quantitative estimate of drug-likeness (QED) is 0.164. The average molecular weight is 564 g/mol. The van der Waals surface area contributed by atoms with E-state index in [0.29, 0.717) is 5.56 Å². The van der Waals surface area contributed by atoms with E-state index in [1.165, 1.54) is 36.4 Å². The van der Waals surface area contributed by atoms with Crippen LogP contribution in [0, 0.1) is 0 Å². The van der Waals surface area contributed by atoms with Crippen LogP contribution in [0.1, 0.15) is 0 Å². The van der Waals surface area contributed by atoms with Crippen LogP contribution in [0.15, 0.2) is 51.7 Å². The molecule has 1 aromatic heterocycles. The third-order valence-electron chi connectivity index (χ3n) is 6.88. The zero-order valence-electron chi connectivity index (χ0n) is 20.7. The number of phenols is 2. The van der Waals surface area contributed by atoms with Crippen molar-refractivity contribution in [3.05, 3.63) is 52.7 Å². The number of rotatable bonds is 7. The van der Waals surface area contributed by atoms with Gasteiger partial charge in [0, 0.05) is 23.8 Å². The molecule has 0 spiro atoms. The van der Waals surface area contributed by atoms with E-state index in [9.17, 15) is 45.6 Å². The lowest BCUT2D eigenvalue weighted by Crippen LogP contribution is -2.62. The van der Waals surface area contributed by atoms with Gasteiger partial charge >= 0.3 is 0 Å². The maximum Gasteiger partial charge on any atom is 0.229 e. The summed E-state index contributed by atoms with van der Waals surface area (Å²) in [7, 11) is 0. The molecule has 2 aromatic carbocycles. The second-order valence-corrected chi connectivity index (χ2v) is 9.65. The zero-order chi connectivity index (χ0) is 28.8. The Labute approximate surface area is 225 Å². The molecule has 2 aliphatic heterocycles. The Morgan fingerprint density at radius 1 is 0.975 bits per heavy atom. The van der Waals surface area contributed by atoms with Crippen LogP contribution in [0.3, 0.4) is 0 Å². The first-order valence-electron chi connectivity index (χ1n) is 12.2. The average Bonchev–Trinajstić information content (AvgIpc) is 3.21. The number of aromatic hydroxyl groups is 2. The molecule has 0 aliphatic carbocycles. The predicted molar refractivity (Wildman–Crippen MR) is 132 cm³/mol. The SMILES string of the molecule is O=c1cc(-c2ccc(O)cc2)oc2cc(O[C@@H]3O[C@H](CO)[C@@H](O)[C@H](O)[C@H]3OC3OC[C@](O)(CO)[C@H]3O)cc(O)c12. The molecular formula is C26H28O14. The van der Waals surface area contributed by atoms with Crippen LogP contribution in [0.5, 0.6) is 17.2 Å². The number of aliphatic hydroxyl groups excluding tert-OH is 5. The van der Waals surface area contributed by atoms with Gasteiger partial charge in [0.15, 0.2) is 17.8 Å². The smallest absolute Gasteiger partial charge is 0.229 e. The molecule has 2 aliphatic rings. The minimum Gasteiger partial charge on any atom is -0.508 e. The monoisotopic (exact) mass is 564 g/mol. The second kappa shape index (κ2) is 10.9. The molecule has 14 nitrogen and oxygen atoms in total. The van der Waals surface area contributed by atoms with Gasteiger partial charge in [-0.1, -0.05) is 0 Å². The molecule has 0 radical (unpaired) electrons. The summed E-state index contributed by atoms with van der Waals surface area (Å²) in [6.07, 6.45) is -11.2. The lowest BCUT2D eigenvalue weighted by molar-refractivity contribution is -0.318. The lowest BCUT2D eigenvalue weighted by atomic mass is 9.98. The third-order valence-corrected chi connectivity index (χ3v) is 6.88. The van der Waals surface area contributed by atoms with Gasteiger partial charge in [0.1, 0.15) is 64.0 Å². The molecule has 5 rings (SSSR count). The van der Waals surface area contributed by atoms with Crippen molar-refractivity contribution in [1.29, 1.82) is 0 Å². The molecule has 3 heterocycles. The van der Waals surface area contributed by atoms with E-state index < -0.39 is 79.7 Å². The summed E-state index contributed by atoms with van der Waals surface area (Å²) in [6.45, 7) is -2.06. The highest BCUT2D eigenvalue weighted by Gasteiger charge is 2.53. The molecule has 0 bridgehead atoms. The number of hydrogen-bond acceptors (Lipinski definition) is 14. The number of aliphatic hydroxyl groups is 6. The summed E-state index contributed by atoms with van der Waals surface area (Å²) in [6, 6.07) is 9.37.